The molecule has 0 fully saturated rings. The minimum atomic E-state index is -2.87. The van der Waals surface area contributed by atoms with Gasteiger partial charge in [0.15, 0.2) is 0 Å². The van der Waals surface area contributed by atoms with Gasteiger partial charge in [-0.2, -0.15) is 8.78 Å². The number of anilines is 1. The molecular weight excluding hydrogens is 402 g/mol. The molecule has 0 bridgehead atoms. The lowest BCUT2D eigenvalue weighted by molar-refractivity contribution is -0.118. The summed E-state index contributed by atoms with van der Waals surface area (Å²) in [5.41, 5.74) is 2.21. The monoisotopic (exact) mass is 426 g/mol. The zero-order valence-corrected chi connectivity index (χ0v) is 17.1. The second-order valence-electron chi connectivity index (χ2n) is 6.67. The predicted octanol–water partition coefficient (Wildman–Crippen LogP) is 5.16. The molecule has 0 aliphatic heterocycles. The molecule has 3 rings (SSSR count). The average Bonchev–Trinajstić information content (AvgIpc) is 2.77. The molecule has 1 amide bonds. The molecule has 3 aromatic carbocycles. The number of carbonyl (C=O) groups excluding carboxylic acids is 1. The number of benzene rings is 3. The zero-order valence-electron chi connectivity index (χ0n) is 17.1. The van der Waals surface area contributed by atoms with Crippen molar-refractivity contribution in [3.8, 4) is 11.5 Å². The van der Waals surface area contributed by atoms with E-state index in [2.05, 4.69) is 15.4 Å². The van der Waals surface area contributed by atoms with Crippen LogP contribution in [0.25, 0.3) is 0 Å². The van der Waals surface area contributed by atoms with Crippen LogP contribution in [0.2, 0.25) is 0 Å². The predicted molar refractivity (Wildman–Crippen MR) is 115 cm³/mol. The summed E-state index contributed by atoms with van der Waals surface area (Å²) in [6, 6.07) is 22.3. The number of para-hydroxylation sites is 2. The van der Waals surface area contributed by atoms with Gasteiger partial charge in [-0.1, -0.05) is 54.6 Å². The van der Waals surface area contributed by atoms with Crippen molar-refractivity contribution in [1.82, 2.24) is 5.32 Å². The Morgan fingerprint density at radius 3 is 2.29 bits per heavy atom. The molecule has 5 nitrogen and oxygen atoms in total. The molecule has 7 heteroatoms. The molecule has 0 aliphatic rings. The Hall–Kier alpha value is -3.45. The molecule has 1 atom stereocenters. The molecule has 0 aromatic heterocycles. The van der Waals surface area contributed by atoms with Gasteiger partial charge in [0.1, 0.15) is 17.5 Å². The molecule has 1 unspecified atom stereocenters. The third-order valence-corrected chi connectivity index (χ3v) is 4.50. The number of nitrogens with one attached hydrogen (secondary N) is 2. The minimum Gasteiger partial charge on any atom is -0.492 e. The summed E-state index contributed by atoms with van der Waals surface area (Å²) in [7, 11) is 0. The fourth-order valence-corrected chi connectivity index (χ4v) is 3.07. The molecule has 2 N–H and O–H groups in total. The van der Waals surface area contributed by atoms with Crippen LogP contribution in [0.5, 0.6) is 11.5 Å². The number of halogens is 2. The van der Waals surface area contributed by atoms with Crippen molar-refractivity contribution in [1.29, 1.82) is 0 Å². The van der Waals surface area contributed by atoms with Crippen LogP contribution < -0.4 is 20.1 Å². The van der Waals surface area contributed by atoms with Crippen LogP contribution in [0.3, 0.4) is 0 Å². The normalized spacial score (nSPS) is 11.7. The summed E-state index contributed by atoms with van der Waals surface area (Å²) in [5, 5.41) is 6.17. The van der Waals surface area contributed by atoms with Gasteiger partial charge in [-0.25, -0.2) is 0 Å². The van der Waals surface area contributed by atoms with E-state index in [1.165, 1.54) is 12.1 Å². The lowest BCUT2D eigenvalue weighted by Gasteiger charge is -2.20. The summed E-state index contributed by atoms with van der Waals surface area (Å²) in [5.74, 6) is 0.444. The van der Waals surface area contributed by atoms with Crippen molar-refractivity contribution in [2.75, 3.05) is 11.9 Å². The van der Waals surface area contributed by atoms with Gasteiger partial charge >= 0.3 is 6.61 Å². The molecule has 3 aromatic rings. The Morgan fingerprint density at radius 1 is 0.935 bits per heavy atom. The Labute approximate surface area is 180 Å². The first-order valence-corrected chi connectivity index (χ1v) is 9.91. The number of amides is 1. The van der Waals surface area contributed by atoms with E-state index < -0.39 is 12.7 Å². The Kier molecular flexibility index (Phi) is 7.95. The lowest BCUT2D eigenvalue weighted by atomic mass is 10.1. The largest absolute Gasteiger partial charge is 0.492 e. The van der Waals surface area contributed by atoms with Gasteiger partial charge in [0, 0.05) is 6.54 Å². The summed E-state index contributed by atoms with van der Waals surface area (Å²) >= 11 is 0. The second-order valence-corrected chi connectivity index (χ2v) is 6.67. The summed E-state index contributed by atoms with van der Waals surface area (Å²) in [4.78, 5) is 13.1. The first-order chi connectivity index (χ1) is 15.1. The standard InChI is InChI=1S/C24H24F2N2O3/c1-2-30-21-11-7-6-10-20(21)28-23(29)22(18-8-4-3-5-9-18)27-16-17-12-14-19(15-13-17)31-24(25)26/h3-15,22,24,27H,2,16H2,1H3,(H,28,29). The van der Waals surface area contributed by atoms with Gasteiger partial charge in [0.05, 0.1) is 12.3 Å². The van der Waals surface area contributed by atoms with Crippen molar-refractivity contribution in [3.63, 3.8) is 0 Å². The van der Waals surface area contributed by atoms with E-state index in [9.17, 15) is 13.6 Å². The maximum Gasteiger partial charge on any atom is 0.387 e. The van der Waals surface area contributed by atoms with Crippen LogP contribution in [0, 0.1) is 0 Å². The van der Waals surface area contributed by atoms with E-state index in [1.54, 1.807) is 24.3 Å². The van der Waals surface area contributed by atoms with Gasteiger partial charge in [-0.15, -0.1) is 0 Å². The van der Waals surface area contributed by atoms with Crippen LogP contribution in [-0.4, -0.2) is 19.1 Å². The van der Waals surface area contributed by atoms with Crippen LogP contribution in [-0.2, 0) is 11.3 Å². The number of hydrogen-bond acceptors (Lipinski definition) is 4. The van der Waals surface area contributed by atoms with Crippen molar-refractivity contribution in [3.05, 3.63) is 90.0 Å². The van der Waals surface area contributed by atoms with Crippen LogP contribution in [0.15, 0.2) is 78.9 Å². The second kappa shape index (κ2) is 11.1. The molecule has 0 saturated heterocycles. The van der Waals surface area contributed by atoms with Gasteiger partial charge in [-0.3, -0.25) is 10.1 Å². The van der Waals surface area contributed by atoms with E-state index in [-0.39, 0.29) is 11.7 Å². The summed E-state index contributed by atoms with van der Waals surface area (Å²) in [6.07, 6.45) is 0. The van der Waals surface area contributed by atoms with Gasteiger partial charge in [0.2, 0.25) is 5.91 Å². The number of alkyl halides is 2. The molecule has 0 radical (unpaired) electrons. The number of rotatable bonds is 10. The molecule has 0 heterocycles. The zero-order chi connectivity index (χ0) is 22.1. The van der Waals surface area contributed by atoms with Gasteiger partial charge in [0.25, 0.3) is 0 Å². The fraction of sp³-hybridized carbons (Fsp3) is 0.208. The maximum atomic E-state index is 13.1. The average molecular weight is 426 g/mol. The maximum absolute atomic E-state index is 13.1. The van der Waals surface area contributed by atoms with Crippen molar-refractivity contribution in [2.24, 2.45) is 0 Å². The van der Waals surface area contributed by atoms with Gasteiger partial charge < -0.3 is 14.8 Å². The van der Waals surface area contributed by atoms with Crippen LogP contribution in [0.4, 0.5) is 14.5 Å². The van der Waals surface area contributed by atoms with Crippen molar-refractivity contribution < 1.29 is 23.0 Å². The highest BCUT2D eigenvalue weighted by Crippen LogP contribution is 2.25. The SMILES string of the molecule is CCOc1ccccc1NC(=O)C(NCc1ccc(OC(F)F)cc1)c1ccccc1. The highest BCUT2D eigenvalue weighted by Gasteiger charge is 2.21. The van der Waals surface area contributed by atoms with Crippen LogP contribution in [0.1, 0.15) is 24.1 Å². The topological polar surface area (TPSA) is 59.6 Å². The van der Waals surface area contributed by atoms with Crippen molar-refractivity contribution >= 4 is 11.6 Å². The third-order valence-electron chi connectivity index (χ3n) is 4.50. The quantitative estimate of drug-likeness (QED) is 0.470. The number of ether oxygens (including phenoxy) is 2. The van der Waals surface area contributed by atoms with Gasteiger partial charge in [-0.05, 0) is 42.3 Å². The smallest absolute Gasteiger partial charge is 0.387 e. The number of hydrogen-bond donors (Lipinski definition) is 2. The van der Waals surface area contributed by atoms with E-state index in [0.717, 1.165) is 11.1 Å². The third kappa shape index (κ3) is 6.52. The van der Waals surface area contributed by atoms with E-state index in [4.69, 9.17) is 4.74 Å². The minimum absolute atomic E-state index is 0.0867. The van der Waals surface area contributed by atoms with Crippen LogP contribution >= 0.6 is 0 Å². The summed E-state index contributed by atoms with van der Waals surface area (Å²) < 4.78 is 34.6. The molecule has 31 heavy (non-hydrogen) atoms. The van der Waals surface area contributed by atoms with Crippen molar-refractivity contribution in [2.45, 2.75) is 26.1 Å². The molecular formula is C24H24F2N2O3. The Bertz CT molecular complexity index is 966. The first-order valence-electron chi connectivity index (χ1n) is 9.91. The Balaban J connectivity index is 1.74. The fourth-order valence-electron chi connectivity index (χ4n) is 3.07. The van der Waals surface area contributed by atoms with E-state index in [1.807, 2.05) is 49.4 Å². The molecule has 162 valence electrons. The summed E-state index contributed by atoms with van der Waals surface area (Å²) in [6.45, 7) is -0.146. The molecule has 0 aliphatic carbocycles. The Morgan fingerprint density at radius 2 is 1.61 bits per heavy atom. The highest BCUT2D eigenvalue weighted by molar-refractivity contribution is 5.96. The molecule has 0 spiro atoms. The van der Waals surface area contributed by atoms with E-state index in [0.29, 0.717) is 24.6 Å². The first kappa shape index (κ1) is 22.2. The van der Waals surface area contributed by atoms with E-state index >= 15 is 0 Å². The lowest BCUT2D eigenvalue weighted by Crippen LogP contribution is -2.32. The highest BCUT2D eigenvalue weighted by atomic mass is 19.3. The number of carbonyl (C=O) groups is 1. The molecule has 0 saturated carbocycles.